The molecule has 0 radical (unpaired) electrons. The fourth-order valence-corrected chi connectivity index (χ4v) is 1.88. The third kappa shape index (κ3) is 2.46. The lowest BCUT2D eigenvalue weighted by Crippen LogP contribution is -1.98. The third-order valence-electron chi connectivity index (χ3n) is 2.77. The molecule has 2 aromatic rings. The first-order valence-electron chi connectivity index (χ1n) is 5.52. The van der Waals surface area contributed by atoms with Crippen molar-refractivity contribution in [2.45, 2.75) is 12.8 Å². The van der Waals surface area contributed by atoms with Crippen LogP contribution in [0.15, 0.2) is 48.5 Å². The number of nitrogens with two attached hydrogens (primary N) is 1. The molecule has 2 N–H and O–H groups in total. The number of nitrogen functional groups attached to an aromatic ring is 1. The zero-order chi connectivity index (χ0) is 12.3. The molecule has 0 aliphatic heterocycles. The van der Waals surface area contributed by atoms with Crippen LogP contribution in [0.4, 0.5) is 5.69 Å². The summed E-state index contributed by atoms with van der Waals surface area (Å²) in [7, 11) is 0. The molecule has 17 heavy (non-hydrogen) atoms. The smallest absolute Gasteiger partial charge is 0.0962 e. The van der Waals surface area contributed by atoms with E-state index >= 15 is 0 Å². The Kier molecular flexibility index (Phi) is 3.11. The lowest BCUT2D eigenvalue weighted by molar-refractivity contribution is 1.03. The Balaban J connectivity index is 2.41. The molecule has 2 aromatic carbocycles. The minimum Gasteiger partial charge on any atom is -0.399 e. The average molecular weight is 222 g/mol. The average Bonchev–Trinajstić information content (AvgIpc) is 2.33. The number of nitrogens with zero attached hydrogens (tertiary/aromatic N) is 1. The maximum absolute atomic E-state index is 9.31. The zero-order valence-electron chi connectivity index (χ0n) is 9.72. The molecule has 2 rings (SSSR count). The fraction of sp³-hybridized carbons (Fsp3) is 0.133. The van der Waals surface area contributed by atoms with Crippen LogP contribution in [0, 0.1) is 18.3 Å². The topological polar surface area (TPSA) is 49.8 Å². The maximum atomic E-state index is 9.31. The van der Waals surface area contributed by atoms with E-state index in [1.54, 1.807) is 0 Å². The second kappa shape index (κ2) is 4.71. The first kappa shape index (κ1) is 11.2. The monoisotopic (exact) mass is 222 g/mol. The molecule has 0 aliphatic rings. The maximum Gasteiger partial charge on any atom is 0.0962 e. The van der Waals surface area contributed by atoms with Crippen LogP contribution < -0.4 is 5.73 Å². The van der Waals surface area contributed by atoms with E-state index < -0.39 is 0 Å². The number of nitriles is 1. The molecular weight excluding hydrogens is 208 g/mol. The summed E-state index contributed by atoms with van der Waals surface area (Å²) in [5.41, 5.74) is 9.53. The minimum absolute atomic E-state index is 0.226. The Labute approximate surface area is 101 Å². The van der Waals surface area contributed by atoms with Crippen LogP contribution in [0.25, 0.3) is 0 Å². The first-order valence-corrected chi connectivity index (χ1v) is 5.52. The van der Waals surface area contributed by atoms with Crippen molar-refractivity contribution in [1.29, 1.82) is 5.26 Å². The number of hydrogen-bond acceptors (Lipinski definition) is 2. The van der Waals surface area contributed by atoms with Gasteiger partial charge in [0.05, 0.1) is 12.0 Å². The number of hydrogen-bond donors (Lipinski definition) is 1. The Hall–Kier alpha value is -2.27. The highest BCUT2D eigenvalue weighted by atomic mass is 14.5. The van der Waals surface area contributed by atoms with Crippen molar-refractivity contribution in [3.63, 3.8) is 0 Å². The Morgan fingerprint density at radius 1 is 1.06 bits per heavy atom. The van der Waals surface area contributed by atoms with Crippen LogP contribution in [0.1, 0.15) is 22.6 Å². The fourth-order valence-electron chi connectivity index (χ4n) is 1.88. The summed E-state index contributed by atoms with van der Waals surface area (Å²) in [6.07, 6.45) is 0. The van der Waals surface area contributed by atoms with E-state index in [1.165, 1.54) is 0 Å². The molecule has 0 saturated carbocycles. The van der Waals surface area contributed by atoms with Crippen LogP contribution in [0.3, 0.4) is 0 Å². The summed E-state index contributed by atoms with van der Waals surface area (Å²) in [4.78, 5) is 0. The molecule has 0 saturated heterocycles. The predicted molar refractivity (Wildman–Crippen MR) is 69.5 cm³/mol. The number of aryl methyl sites for hydroxylation is 1. The van der Waals surface area contributed by atoms with Gasteiger partial charge in [-0.1, -0.05) is 42.0 Å². The van der Waals surface area contributed by atoms with E-state index in [9.17, 15) is 5.26 Å². The molecule has 84 valence electrons. The number of rotatable bonds is 2. The summed E-state index contributed by atoms with van der Waals surface area (Å²) in [6.45, 7) is 2.03. The van der Waals surface area contributed by atoms with Crippen molar-refractivity contribution in [2.75, 3.05) is 5.73 Å². The van der Waals surface area contributed by atoms with Crippen LogP contribution in [0.2, 0.25) is 0 Å². The van der Waals surface area contributed by atoms with Crippen molar-refractivity contribution in [1.82, 2.24) is 0 Å². The highest BCUT2D eigenvalue weighted by Crippen LogP contribution is 2.25. The normalized spacial score (nSPS) is 11.8. The first-order chi connectivity index (χ1) is 8.20. The van der Waals surface area contributed by atoms with Crippen molar-refractivity contribution in [3.05, 3.63) is 65.2 Å². The lowest BCUT2D eigenvalue weighted by atomic mass is 9.92. The molecule has 0 fully saturated rings. The second-order valence-electron chi connectivity index (χ2n) is 4.14. The van der Waals surface area contributed by atoms with Crippen molar-refractivity contribution >= 4 is 5.69 Å². The van der Waals surface area contributed by atoms with Crippen molar-refractivity contribution in [3.8, 4) is 6.07 Å². The Bertz CT molecular complexity index is 550. The van der Waals surface area contributed by atoms with Gasteiger partial charge in [0, 0.05) is 5.69 Å². The second-order valence-corrected chi connectivity index (χ2v) is 4.14. The number of anilines is 1. The number of benzene rings is 2. The van der Waals surface area contributed by atoms with Gasteiger partial charge in [-0.15, -0.1) is 0 Å². The van der Waals surface area contributed by atoms with Crippen molar-refractivity contribution < 1.29 is 0 Å². The molecule has 0 aromatic heterocycles. The minimum atomic E-state index is -0.226. The van der Waals surface area contributed by atoms with Gasteiger partial charge < -0.3 is 5.73 Å². The predicted octanol–water partition coefficient (Wildman–Crippen LogP) is 3.23. The molecule has 2 heteroatoms. The summed E-state index contributed by atoms with van der Waals surface area (Å²) in [5, 5.41) is 9.31. The van der Waals surface area contributed by atoms with E-state index in [1.807, 2.05) is 55.5 Å². The van der Waals surface area contributed by atoms with Crippen molar-refractivity contribution in [2.24, 2.45) is 0 Å². The van der Waals surface area contributed by atoms with Gasteiger partial charge in [-0.25, -0.2) is 0 Å². The van der Waals surface area contributed by atoms with Crippen LogP contribution in [-0.2, 0) is 0 Å². The van der Waals surface area contributed by atoms with E-state index in [2.05, 4.69) is 6.07 Å². The van der Waals surface area contributed by atoms with Gasteiger partial charge in [0.1, 0.15) is 0 Å². The molecule has 0 spiro atoms. The van der Waals surface area contributed by atoms with Gasteiger partial charge in [-0.3, -0.25) is 0 Å². The molecule has 0 bridgehead atoms. The highest BCUT2D eigenvalue weighted by molar-refractivity contribution is 5.45. The molecule has 0 aliphatic carbocycles. The standard InChI is InChI=1S/C15H14N2/c1-11-3-2-4-13(9-11)15(10-16)12-5-7-14(17)8-6-12/h2-9,15H,17H2,1H3. The zero-order valence-corrected chi connectivity index (χ0v) is 9.72. The SMILES string of the molecule is Cc1cccc(C(C#N)c2ccc(N)cc2)c1. The molecule has 1 unspecified atom stereocenters. The largest absolute Gasteiger partial charge is 0.399 e. The van der Waals surface area contributed by atoms with Crippen LogP contribution in [0.5, 0.6) is 0 Å². The van der Waals surface area contributed by atoms with Gasteiger partial charge in [-0.2, -0.15) is 5.26 Å². The van der Waals surface area contributed by atoms with Crippen LogP contribution in [-0.4, -0.2) is 0 Å². The highest BCUT2D eigenvalue weighted by Gasteiger charge is 2.12. The van der Waals surface area contributed by atoms with Gasteiger partial charge >= 0.3 is 0 Å². The molecule has 0 heterocycles. The van der Waals surface area contributed by atoms with E-state index in [0.717, 1.165) is 22.4 Å². The van der Waals surface area contributed by atoms with Gasteiger partial charge in [0.25, 0.3) is 0 Å². The summed E-state index contributed by atoms with van der Waals surface area (Å²) < 4.78 is 0. The third-order valence-corrected chi connectivity index (χ3v) is 2.77. The van der Waals surface area contributed by atoms with Gasteiger partial charge in [-0.05, 0) is 30.2 Å². The lowest BCUT2D eigenvalue weighted by Gasteiger charge is -2.10. The van der Waals surface area contributed by atoms with Crippen LogP contribution >= 0.6 is 0 Å². The van der Waals surface area contributed by atoms with E-state index in [4.69, 9.17) is 5.73 Å². The Morgan fingerprint density at radius 3 is 2.35 bits per heavy atom. The molecule has 0 amide bonds. The quantitative estimate of drug-likeness (QED) is 0.793. The summed E-state index contributed by atoms with van der Waals surface area (Å²) in [5.74, 6) is -0.226. The van der Waals surface area contributed by atoms with E-state index in [-0.39, 0.29) is 5.92 Å². The molecule has 2 nitrogen and oxygen atoms in total. The van der Waals surface area contributed by atoms with Gasteiger partial charge in [0.15, 0.2) is 0 Å². The molecular formula is C15H14N2. The summed E-state index contributed by atoms with van der Waals surface area (Å²) >= 11 is 0. The Morgan fingerprint density at radius 2 is 1.76 bits per heavy atom. The molecule has 1 atom stereocenters. The summed E-state index contributed by atoms with van der Waals surface area (Å²) in [6, 6.07) is 17.9. The van der Waals surface area contributed by atoms with E-state index in [0.29, 0.717) is 0 Å². The van der Waals surface area contributed by atoms with Gasteiger partial charge in [0.2, 0.25) is 0 Å².